The Morgan fingerprint density at radius 2 is 2.07 bits per heavy atom. The van der Waals surface area contributed by atoms with Crippen LogP contribution in [-0.4, -0.2) is 29.2 Å². The zero-order valence-corrected chi connectivity index (χ0v) is 10.8. The first-order valence-electron chi connectivity index (χ1n) is 5.41. The molecule has 0 saturated carbocycles. The lowest BCUT2D eigenvalue weighted by atomic mass is 10.0. The van der Waals surface area contributed by atoms with Crippen molar-refractivity contribution in [3.63, 3.8) is 0 Å². The molecule has 0 aliphatic carbocycles. The summed E-state index contributed by atoms with van der Waals surface area (Å²) in [5, 5.41) is 0. The van der Waals surface area contributed by atoms with Crippen LogP contribution < -0.4 is 0 Å². The van der Waals surface area contributed by atoms with Crippen molar-refractivity contribution in [1.29, 1.82) is 0 Å². The van der Waals surface area contributed by atoms with Crippen LogP contribution in [0.1, 0.15) is 40.5 Å². The summed E-state index contributed by atoms with van der Waals surface area (Å²) in [5.41, 5.74) is 0.779. The molecule has 2 nitrogen and oxygen atoms in total. The fourth-order valence-electron chi connectivity index (χ4n) is 1.73. The van der Waals surface area contributed by atoms with Crippen LogP contribution in [0.15, 0.2) is 0 Å². The lowest BCUT2D eigenvalue weighted by Gasteiger charge is -2.33. The molecule has 1 atom stereocenters. The average Bonchev–Trinajstić information content (AvgIpc) is 2.01. The lowest BCUT2D eigenvalue weighted by Crippen LogP contribution is -2.41. The van der Waals surface area contributed by atoms with E-state index < -0.39 is 0 Å². The molecule has 3 heteroatoms. The van der Waals surface area contributed by atoms with Crippen LogP contribution in [0, 0.1) is 5.92 Å². The Kier molecular flexibility index (Phi) is 4.12. The first-order chi connectivity index (χ1) is 6.38. The second-order valence-electron chi connectivity index (χ2n) is 5.21. The Hall–Kier alpha value is 0.0900. The standard InChI is InChI=1S/C11H22NOP/c1-9-6-5-7-12(8-9)10(14)13-11(2,3)4/h9,14H,5-8H2,1-4H3. The first-order valence-corrected chi connectivity index (χ1v) is 5.91. The maximum atomic E-state index is 5.78. The highest BCUT2D eigenvalue weighted by molar-refractivity contribution is 7.20. The van der Waals surface area contributed by atoms with Gasteiger partial charge in [-0.2, -0.15) is 0 Å². The van der Waals surface area contributed by atoms with Gasteiger partial charge in [0.15, 0.2) is 0 Å². The number of ether oxygens (including phenoxy) is 1. The van der Waals surface area contributed by atoms with E-state index in [1.807, 2.05) is 0 Å². The van der Waals surface area contributed by atoms with Gasteiger partial charge >= 0.3 is 0 Å². The molecule has 1 fully saturated rings. The van der Waals surface area contributed by atoms with E-state index in [1.165, 1.54) is 12.8 Å². The van der Waals surface area contributed by atoms with Gasteiger partial charge in [0.1, 0.15) is 5.60 Å². The van der Waals surface area contributed by atoms with Crippen LogP contribution >= 0.6 is 8.86 Å². The Morgan fingerprint density at radius 3 is 2.57 bits per heavy atom. The topological polar surface area (TPSA) is 12.5 Å². The molecule has 0 aromatic rings. The summed E-state index contributed by atoms with van der Waals surface area (Å²) in [6.07, 6.45) is 2.61. The highest BCUT2D eigenvalue weighted by atomic mass is 31.0. The molecule has 0 bridgehead atoms. The molecule has 1 heterocycles. The van der Waals surface area contributed by atoms with Gasteiger partial charge in [0.25, 0.3) is 0 Å². The number of likely N-dealkylation sites (tertiary alicyclic amines) is 1. The fraction of sp³-hybridized carbons (Fsp3) is 0.909. The van der Waals surface area contributed by atoms with E-state index in [-0.39, 0.29) is 5.60 Å². The zero-order chi connectivity index (χ0) is 10.8. The van der Waals surface area contributed by atoms with Crippen molar-refractivity contribution in [3.8, 4) is 0 Å². The van der Waals surface area contributed by atoms with E-state index >= 15 is 0 Å². The summed E-state index contributed by atoms with van der Waals surface area (Å²) in [6, 6.07) is 0. The summed E-state index contributed by atoms with van der Waals surface area (Å²) >= 11 is 0. The summed E-state index contributed by atoms with van der Waals surface area (Å²) < 4.78 is 5.78. The van der Waals surface area contributed by atoms with E-state index in [2.05, 4.69) is 41.5 Å². The van der Waals surface area contributed by atoms with Crippen LogP contribution in [0.2, 0.25) is 0 Å². The number of hydrogen-bond donors (Lipinski definition) is 0. The van der Waals surface area contributed by atoms with Crippen molar-refractivity contribution >= 4 is 14.5 Å². The van der Waals surface area contributed by atoms with E-state index in [9.17, 15) is 0 Å². The Balaban J connectivity index is 2.44. The van der Waals surface area contributed by atoms with Crippen LogP contribution in [0.4, 0.5) is 0 Å². The van der Waals surface area contributed by atoms with E-state index in [4.69, 9.17) is 4.74 Å². The minimum Gasteiger partial charge on any atom is -0.326 e. The van der Waals surface area contributed by atoms with Crippen molar-refractivity contribution in [2.24, 2.45) is 5.92 Å². The maximum Gasteiger partial charge on any atom is 0.142 e. The second-order valence-corrected chi connectivity index (χ2v) is 5.64. The molecule has 1 saturated heterocycles. The first kappa shape index (κ1) is 12.2. The molecule has 1 aliphatic heterocycles. The van der Waals surface area contributed by atoms with Gasteiger partial charge in [0.05, 0.1) is 5.60 Å². The molecule has 1 unspecified atom stereocenters. The number of nitrogens with zero attached hydrogens (tertiary/aromatic N) is 1. The Morgan fingerprint density at radius 1 is 1.43 bits per heavy atom. The predicted molar refractivity (Wildman–Crippen MR) is 64.1 cm³/mol. The molecular weight excluding hydrogens is 193 g/mol. The third-order valence-corrected chi connectivity index (χ3v) is 2.77. The zero-order valence-electron chi connectivity index (χ0n) is 9.76. The predicted octanol–water partition coefficient (Wildman–Crippen LogP) is 2.76. The van der Waals surface area contributed by atoms with Gasteiger partial charge < -0.3 is 4.74 Å². The van der Waals surface area contributed by atoms with Crippen molar-refractivity contribution in [1.82, 2.24) is 4.90 Å². The molecule has 0 aromatic heterocycles. The highest BCUT2D eigenvalue weighted by Gasteiger charge is 2.22. The largest absolute Gasteiger partial charge is 0.326 e. The van der Waals surface area contributed by atoms with Crippen LogP contribution in [0.25, 0.3) is 0 Å². The van der Waals surface area contributed by atoms with Crippen molar-refractivity contribution in [2.75, 3.05) is 13.1 Å². The quantitative estimate of drug-likeness (QED) is 0.657. The molecule has 1 rings (SSSR count). The van der Waals surface area contributed by atoms with Crippen molar-refractivity contribution in [2.45, 2.75) is 46.1 Å². The van der Waals surface area contributed by atoms with Gasteiger partial charge in [-0.1, -0.05) is 15.8 Å². The Labute approximate surface area is 89.8 Å². The number of rotatable bonds is 2. The summed E-state index contributed by atoms with van der Waals surface area (Å²) in [6.45, 7) is 10.7. The highest BCUT2D eigenvalue weighted by Crippen LogP contribution is 2.19. The normalized spacial score (nSPS) is 25.0. The van der Waals surface area contributed by atoms with E-state index in [0.717, 1.165) is 24.6 Å². The molecule has 0 amide bonds. The third-order valence-electron chi connectivity index (χ3n) is 2.35. The number of piperidine rings is 1. The monoisotopic (exact) mass is 215 g/mol. The molecule has 0 radical (unpaired) electrons. The third kappa shape index (κ3) is 4.08. The maximum absolute atomic E-state index is 5.78. The van der Waals surface area contributed by atoms with Gasteiger partial charge in [-0.3, -0.25) is 4.90 Å². The molecule has 14 heavy (non-hydrogen) atoms. The minimum absolute atomic E-state index is 0.113. The van der Waals surface area contributed by atoms with E-state index in [1.54, 1.807) is 0 Å². The van der Waals surface area contributed by atoms with Crippen LogP contribution in [-0.2, 0) is 4.74 Å². The van der Waals surface area contributed by atoms with Gasteiger partial charge in [-0.05, 0) is 39.5 Å². The average molecular weight is 215 g/mol. The van der Waals surface area contributed by atoms with Crippen LogP contribution in [0.3, 0.4) is 0 Å². The molecule has 1 aliphatic rings. The van der Waals surface area contributed by atoms with E-state index in [0.29, 0.717) is 0 Å². The SMILES string of the molecule is CC1CCCN(C(=P)OC(C)(C)C)C1. The van der Waals surface area contributed by atoms with Crippen molar-refractivity contribution in [3.05, 3.63) is 0 Å². The summed E-state index contributed by atoms with van der Waals surface area (Å²) in [7, 11) is 3.58. The lowest BCUT2D eigenvalue weighted by molar-refractivity contribution is 0.0850. The molecule has 0 N–H and O–H groups in total. The van der Waals surface area contributed by atoms with Crippen LogP contribution in [0.5, 0.6) is 0 Å². The molecule has 0 aromatic carbocycles. The fourth-order valence-corrected chi connectivity index (χ4v) is 2.24. The second kappa shape index (κ2) is 4.74. The smallest absolute Gasteiger partial charge is 0.142 e. The van der Waals surface area contributed by atoms with Crippen molar-refractivity contribution < 1.29 is 4.74 Å². The summed E-state index contributed by atoms with van der Waals surface area (Å²) in [5.74, 6) is 0.777. The Bertz CT molecular complexity index is 210. The molecular formula is C11H22NOP. The molecule has 82 valence electrons. The van der Waals surface area contributed by atoms with Gasteiger partial charge in [-0.15, -0.1) is 0 Å². The van der Waals surface area contributed by atoms with Gasteiger partial charge in [0, 0.05) is 13.1 Å². The van der Waals surface area contributed by atoms with Gasteiger partial charge in [-0.25, -0.2) is 0 Å². The number of hydrogen-bond acceptors (Lipinski definition) is 1. The summed E-state index contributed by atoms with van der Waals surface area (Å²) in [4.78, 5) is 2.29. The minimum atomic E-state index is -0.113. The molecule has 0 spiro atoms. The van der Waals surface area contributed by atoms with Gasteiger partial charge in [0.2, 0.25) is 0 Å².